The molecule has 3 atom stereocenters. The van der Waals surface area contributed by atoms with Crippen molar-refractivity contribution in [3.05, 3.63) is 35.9 Å². The summed E-state index contributed by atoms with van der Waals surface area (Å²) < 4.78 is 4.96. The number of esters is 1. The molecule has 0 radical (unpaired) electrons. The predicted molar refractivity (Wildman–Crippen MR) is 69.2 cm³/mol. The fraction of sp³-hybridized carbons (Fsp3) is 0.364. The van der Waals surface area contributed by atoms with Gasteiger partial charge in [0.25, 0.3) is 0 Å². The van der Waals surface area contributed by atoms with E-state index in [-0.39, 0.29) is 17.4 Å². The van der Waals surface area contributed by atoms with Crippen molar-refractivity contribution in [2.45, 2.75) is 11.4 Å². The SMILES string of the molecule is O=C(OCP)[C@@H]1CSC(c2ccccc2)N1. The molecule has 1 aliphatic heterocycles. The number of nitrogens with one attached hydrogen (secondary N) is 1. The molecule has 0 aliphatic carbocycles. The normalized spacial score (nSPS) is 24.3. The second-order valence-corrected chi connectivity index (χ2v) is 4.94. The van der Waals surface area contributed by atoms with Crippen molar-refractivity contribution in [1.29, 1.82) is 0 Å². The van der Waals surface area contributed by atoms with Crippen molar-refractivity contribution in [1.82, 2.24) is 5.32 Å². The van der Waals surface area contributed by atoms with E-state index in [1.165, 1.54) is 5.56 Å². The molecule has 2 rings (SSSR count). The van der Waals surface area contributed by atoms with Crippen LogP contribution in [0.5, 0.6) is 0 Å². The van der Waals surface area contributed by atoms with Crippen LogP contribution in [0.15, 0.2) is 30.3 Å². The number of hydrogen-bond donors (Lipinski definition) is 1. The molecule has 2 unspecified atom stereocenters. The molecule has 5 heteroatoms. The van der Waals surface area contributed by atoms with Crippen molar-refractivity contribution in [2.24, 2.45) is 0 Å². The first-order valence-corrected chi connectivity index (χ1v) is 6.97. The zero-order chi connectivity index (χ0) is 11.4. The zero-order valence-electron chi connectivity index (χ0n) is 8.76. The van der Waals surface area contributed by atoms with Crippen molar-refractivity contribution in [2.75, 3.05) is 12.1 Å². The second-order valence-electron chi connectivity index (χ2n) is 3.47. The molecule has 0 aromatic heterocycles. The van der Waals surface area contributed by atoms with Crippen LogP contribution >= 0.6 is 21.0 Å². The van der Waals surface area contributed by atoms with E-state index in [1.54, 1.807) is 11.8 Å². The summed E-state index contributed by atoms with van der Waals surface area (Å²) in [5, 5.41) is 3.47. The van der Waals surface area contributed by atoms with Crippen LogP contribution in [0.1, 0.15) is 10.9 Å². The average Bonchev–Trinajstić information content (AvgIpc) is 2.80. The van der Waals surface area contributed by atoms with Gasteiger partial charge in [0.2, 0.25) is 0 Å². The monoisotopic (exact) mass is 255 g/mol. The van der Waals surface area contributed by atoms with Crippen molar-refractivity contribution in [3.63, 3.8) is 0 Å². The number of carbonyl (C=O) groups excluding carboxylic acids is 1. The number of rotatable bonds is 3. The summed E-state index contributed by atoms with van der Waals surface area (Å²) in [6.07, 6.45) is 0.359. The third-order valence-electron chi connectivity index (χ3n) is 2.39. The van der Waals surface area contributed by atoms with Gasteiger partial charge in [0, 0.05) is 5.75 Å². The fourth-order valence-electron chi connectivity index (χ4n) is 1.61. The molecule has 3 nitrogen and oxygen atoms in total. The van der Waals surface area contributed by atoms with Crippen molar-refractivity contribution in [3.8, 4) is 0 Å². The van der Waals surface area contributed by atoms with Crippen LogP contribution in [0.4, 0.5) is 0 Å². The Balaban J connectivity index is 1.96. The number of carbonyl (C=O) groups is 1. The highest BCUT2D eigenvalue weighted by atomic mass is 32.2. The largest absolute Gasteiger partial charge is 0.460 e. The molecule has 86 valence electrons. The Labute approximate surface area is 102 Å². The first kappa shape index (κ1) is 11.9. The summed E-state index contributed by atoms with van der Waals surface area (Å²) in [5.74, 6) is 0.601. The average molecular weight is 255 g/mol. The maximum absolute atomic E-state index is 11.5. The maximum Gasteiger partial charge on any atom is 0.324 e. The summed E-state index contributed by atoms with van der Waals surface area (Å²) >= 11 is 1.74. The molecule has 16 heavy (non-hydrogen) atoms. The van der Waals surface area contributed by atoms with Crippen LogP contribution in [0, 0.1) is 0 Å². The van der Waals surface area contributed by atoms with E-state index >= 15 is 0 Å². The molecular formula is C11H14NO2PS. The van der Waals surface area contributed by atoms with E-state index in [0.29, 0.717) is 6.35 Å². The minimum Gasteiger partial charge on any atom is -0.460 e. The molecule has 1 fully saturated rings. The van der Waals surface area contributed by atoms with Gasteiger partial charge in [-0.2, -0.15) is 0 Å². The lowest BCUT2D eigenvalue weighted by molar-refractivity contribution is -0.143. The van der Waals surface area contributed by atoms with Gasteiger partial charge in [-0.1, -0.05) is 39.6 Å². The lowest BCUT2D eigenvalue weighted by Crippen LogP contribution is -2.35. The van der Waals surface area contributed by atoms with Gasteiger partial charge >= 0.3 is 5.97 Å². The standard InChI is InChI=1S/C11H14NO2PS/c13-11(14-7-15)9-6-16-10(12-9)8-4-2-1-3-5-8/h1-5,9-10,12H,6-7,15H2/t9-,10?/m0/s1. The molecule has 0 spiro atoms. The summed E-state index contributed by atoms with van der Waals surface area (Å²) in [6, 6.07) is 9.94. The van der Waals surface area contributed by atoms with Crippen molar-refractivity contribution < 1.29 is 9.53 Å². The van der Waals surface area contributed by atoms with Crippen LogP contribution < -0.4 is 5.32 Å². The first-order valence-electron chi connectivity index (χ1n) is 5.10. The molecule has 0 amide bonds. The van der Waals surface area contributed by atoms with E-state index in [4.69, 9.17) is 4.74 Å². The smallest absolute Gasteiger partial charge is 0.324 e. The Morgan fingerprint density at radius 3 is 2.94 bits per heavy atom. The van der Waals surface area contributed by atoms with E-state index in [1.807, 2.05) is 18.2 Å². The Morgan fingerprint density at radius 2 is 2.25 bits per heavy atom. The van der Waals surface area contributed by atoms with Crippen LogP contribution in [0.25, 0.3) is 0 Å². The highest BCUT2D eigenvalue weighted by molar-refractivity contribution is 7.99. The van der Waals surface area contributed by atoms with Crippen LogP contribution in [-0.2, 0) is 9.53 Å². The zero-order valence-corrected chi connectivity index (χ0v) is 10.7. The molecule has 0 saturated carbocycles. The van der Waals surface area contributed by atoms with E-state index in [0.717, 1.165) is 5.75 Å². The predicted octanol–water partition coefficient (Wildman–Crippen LogP) is 1.77. The van der Waals surface area contributed by atoms with Gasteiger partial charge in [-0.05, 0) is 5.56 Å². The lowest BCUT2D eigenvalue weighted by atomic mass is 10.2. The van der Waals surface area contributed by atoms with Gasteiger partial charge < -0.3 is 4.74 Å². The quantitative estimate of drug-likeness (QED) is 0.660. The second kappa shape index (κ2) is 5.67. The molecule has 1 N–H and O–H groups in total. The Hall–Kier alpha value is -0.570. The number of ether oxygens (including phenoxy) is 1. The highest BCUT2D eigenvalue weighted by Crippen LogP contribution is 2.32. The molecular weight excluding hydrogens is 241 g/mol. The molecule has 1 saturated heterocycles. The third-order valence-corrected chi connectivity index (χ3v) is 3.83. The number of hydrogen-bond acceptors (Lipinski definition) is 4. The lowest BCUT2D eigenvalue weighted by Gasteiger charge is -2.12. The van der Waals surface area contributed by atoms with Crippen molar-refractivity contribution >= 4 is 27.0 Å². The van der Waals surface area contributed by atoms with Crippen LogP contribution in [-0.4, -0.2) is 24.1 Å². The van der Waals surface area contributed by atoms with E-state index in [2.05, 4.69) is 26.7 Å². The minimum absolute atomic E-state index is 0.166. The maximum atomic E-state index is 11.5. The Morgan fingerprint density at radius 1 is 1.50 bits per heavy atom. The van der Waals surface area contributed by atoms with Gasteiger partial charge in [-0.3, -0.25) is 10.1 Å². The minimum atomic E-state index is -0.184. The van der Waals surface area contributed by atoms with E-state index in [9.17, 15) is 4.79 Å². The Bertz CT molecular complexity index is 360. The molecule has 1 aliphatic rings. The highest BCUT2D eigenvalue weighted by Gasteiger charge is 2.31. The topological polar surface area (TPSA) is 38.3 Å². The number of thioether (sulfide) groups is 1. The van der Waals surface area contributed by atoms with Crippen LogP contribution in [0.3, 0.4) is 0 Å². The molecule has 1 heterocycles. The van der Waals surface area contributed by atoms with Gasteiger partial charge in [0.15, 0.2) is 0 Å². The summed E-state index contributed by atoms with van der Waals surface area (Å²) in [6.45, 7) is 0. The summed E-state index contributed by atoms with van der Waals surface area (Å²) in [7, 11) is 2.38. The molecule has 0 bridgehead atoms. The third kappa shape index (κ3) is 2.76. The van der Waals surface area contributed by atoms with Gasteiger partial charge in [-0.25, -0.2) is 0 Å². The Kier molecular flexibility index (Phi) is 4.22. The van der Waals surface area contributed by atoms with Gasteiger partial charge in [0.1, 0.15) is 12.4 Å². The van der Waals surface area contributed by atoms with E-state index < -0.39 is 0 Å². The molecule has 1 aromatic carbocycles. The fourth-order valence-corrected chi connectivity index (χ4v) is 3.00. The van der Waals surface area contributed by atoms with Gasteiger partial charge in [0.05, 0.1) is 5.37 Å². The summed E-state index contributed by atoms with van der Waals surface area (Å²) in [4.78, 5) is 11.5. The van der Waals surface area contributed by atoms with Crippen LogP contribution in [0.2, 0.25) is 0 Å². The summed E-state index contributed by atoms with van der Waals surface area (Å²) in [5.41, 5.74) is 1.20. The van der Waals surface area contributed by atoms with Gasteiger partial charge in [-0.15, -0.1) is 11.8 Å². The molecule has 1 aromatic rings. The first-order chi connectivity index (χ1) is 7.81. The number of benzene rings is 1.